The lowest BCUT2D eigenvalue weighted by molar-refractivity contribution is 0.0137. The van der Waals surface area contributed by atoms with E-state index in [0.29, 0.717) is 12.0 Å². The van der Waals surface area contributed by atoms with Crippen LogP contribution in [0.15, 0.2) is 36.7 Å². The molecule has 0 aliphatic carbocycles. The first kappa shape index (κ1) is 15.8. The number of nitrogens with one attached hydrogen (secondary N) is 1. The lowest BCUT2D eigenvalue weighted by atomic mass is 9.77. The SMILES string of the molecule is Cc1ccc(C(=O)N[C@@H]2C3CCN(CC3)[C@@H]2Cc2cccnc2)s1. The predicted molar refractivity (Wildman–Crippen MR) is 96.3 cm³/mol. The van der Waals surface area contributed by atoms with Gasteiger partial charge in [-0.25, -0.2) is 0 Å². The first-order valence-corrected chi connectivity index (χ1v) is 9.52. The average molecular weight is 341 g/mol. The molecule has 2 bridgehead atoms. The summed E-state index contributed by atoms with van der Waals surface area (Å²) in [4.78, 5) is 21.5. The molecule has 1 N–H and O–H groups in total. The lowest BCUT2D eigenvalue weighted by Crippen LogP contribution is -2.64. The Morgan fingerprint density at radius 3 is 2.83 bits per heavy atom. The van der Waals surface area contributed by atoms with Gasteiger partial charge in [0.05, 0.1) is 4.88 Å². The molecule has 3 aliphatic heterocycles. The largest absolute Gasteiger partial charge is 0.347 e. The summed E-state index contributed by atoms with van der Waals surface area (Å²) in [7, 11) is 0. The molecule has 0 aromatic carbocycles. The number of pyridine rings is 1. The van der Waals surface area contributed by atoms with Gasteiger partial charge in [0.15, 0.2) is 0 Å². The van der Waals surface area contributed by atoms with Gasteiger partial charge >= 0.3 is 0 Å². The minimum atomic E-state index is 0.0861. The van der Waals surface area contributed by atoms with E-state index in [1.807, 2.05) is 37.5 Å². The second-order valence-electron chi connectivity index (χ2n) is 6.92. The Kier molecular flexibility index (Phi) is 4.37. The van der Waals surface area contributed by atoms with E-state index >= 15 is 0 Å². The maximum Gasteiger partial charge on any atom is 0.261 e. The van der Waals surface area contributed by atoms with Crippen molar-refractivity contribution in [3.63, 3.8) is 0 Å². The lowest BCUT2D eigenvalue weighted by Gasteiger charge is -2.51. The number of thiophene rings is 1. The van der Waals surface area contributed by atoms with Gasteiger partial charge in [-0.15, -0.1) is 11.3 Å². The summed E-state index contributed by atoms with van der Waals surface area (Å²) in [5.74, 6) is 0.685. The molecule has 3 saturated heterocycles. The van der Waals surface area contributed by atoms with Crippen molar-refractivity contribution in [3.8, 4) is 0 Å². The number of hydrogen-bond donors (Lipinski definition) is 1. The van der Waals surface area contributed by atoms with Crippen molar-refractivity contribution in [2.75, 3.05) is 13.1 Å². The van der Waals surface area contributed by atoms with Crippen LogP contribution in [0.1, 0.15) is 33.0 Å². The molecule has 3 aliphatic rings. The van der Waals surface area contributed by atoms with Crippen LogP contribution < -0.4 is 5.32 Å². The maximum atomic E-state index is 12.7. The topological polar surface area (TPSA) is 45.2 Å². The highest BCUT2D eigenvalue weighted by Gasteiger charge is 2.42. The summed E-state index contributed by atoms with van der Waals surface area (Å²) in [6.45, 7) is 4.35. The summed E-state index contributed by atoms with van der Waals surface area (Å²) in [5.41, 5.74) is 1.25. The zero-order valence-electron chi connectivity index (χ0n) is 13.9. The Balaban J connectivity index is 1.53. The van der Waals surface area contributed by atoms with E-state index < -0.39 is 0 Å². The molecule has 2 atom stereocenters. The quantitative estimate of drug-likeness (QED) is 0.930. The van der Waals surface area contributed by atoms with Crippen molar-refractivity contribution in [1.29, 1.82) is 0 Å². The number of aromatic nitrogens is 1. The number of rotatable bonds is 4. The van der Waals surface area contributed by atoms with E-state index in [1.165, 1.54) is 23.3 Å². The second-order valence-corrected chi connectivity index (χ2v) is 8.20. The van der Waals surface area contributed by atoms with Crippen molar-refractivity contribution in [2.45, 2.75) is 38.3 Å². The minimum absolute atomic E-state index is 0.0861. The molecule has 2 aromatic heterocycles. The molecule has 0 unspecified atom stereocenters. The van der Waals surface area contributed by atoms with Crippen molar-refractivity contribution in [3.05, 3.63) is 52.0 Å². The van der Waals surface area contributed by atoms with E-state index in [1.54, 1.807) is 11.3 Å². The smallest absolute Gasteiger partial charge is 0.261 e. The first-order chi connectivity index (χ1) is 11.7. The molecule has 1 amide bonds. The summed E-state index contributed by atoms with van der Waals surface area (Å²) in [6, 6.07) is 8.70. The summed E-state index contributed by atoms with van der Waals surface area (Å²) in [6.07, 6.45) is 7.11. The number of amides is 1. The number of carbonyl (C=O) groups excluding carboxylic acids is 1. The van der Waals surface area contributed by atoms with Crippen LogP contribution in [0.2, 0.25) is 0 Å². The van der Waals surface area contributed by atoms with Crippen LogP contribution in [-0.4, -0.2) is 41.0 Å². The molecular formula is C19H23N3OS. The van der Waals surface area contributed by atoms with Gasteiger partial charge in [-0.05, 0) is 69.0 Å². The predicted octanol–water partition coefficient (Wildman–Crippen LogP) is 2.89. The second kappa shape index (κ2) is 6.65. The van der Waals surface area contributed by atoms with Crippen molar-refractivity contribution >= 4 is 17.2 Å². The first-order valence-electron chi connectivity index (χ1n) is 8.71. The summed E-state index contributed by atoms with van der Waals surface area (Å²) >= 11 is 1.57. The third kappa shape index (κ3) is 3.10. The fourth-order valence-electron chi connectivity index (χ4n) is 4.16. The summed E-state index contributed by atoms with van der Waals surface area (Å²) < 4.78 is 0. The number of nitrogens with zero attached hydrogens (tertiary/aromatic N) is 2. The highest BCUT2D eigenvalue weighted by Crippen LogP contribution is 2.34. The van der Waals surface area contributed by atoms with Gasteiger partial charge in [0.1, 0.15) is 0 Å². The van der Waals surface area contributed by atoms with Crippen LogP contribution in [0.5, 0.6) is 0 Å². The third-order valence-corrected chi connectivity index (χ3v) is 6.39. The standard InChI is InChI=1S/C19H23N3OS/c1-13-4-5-17(24-13)19(23)21-18-15-6-9-22(10-7-15)16(18)11-14-3-2-8-20-12-14/h2-5,8,12,15-16,18H,6-7,9-11H2,1H3,(H,21,23)/t16-,18-/m1/s1. The molecule has 5 heteroatoms. The number of aryl methyl sites for hydroxylation is 1. The molecule has 0 saturated carbocycles. The van der Waals surface area contributed by atoms with E-state index in [0.717, 1.165) is 24.4 Å². The van der Waals surface area contributed by atoms with E-state index in [9.17, 15) is 4.79 Å². The Morgan fingerprint density at radius 1 is 1.33 bits per heavy atom. The average Bonchev–Trinajstić information content (AvgIpc) is 3.05. The van der Waals surface area contributed by atoms with Crippen LogP contribution in [0.3, 0.4) is 0 Å². The van der Waals surface area contributed by atoms with Crippen LogP contribution in [0, 0.1) is 12.8 Å². The monoisotopic (exact) mass is 341 g/mol. The van der Waals surface area contributed by atoms with E-state index in [2.05, 4.69) is 21.3 Å². The van der Waals surface area contributed by atoms with Gasteiger partial charge in [0, 0.05) is 29.4 Å². The molecule has 24 heavy (non-hydrogen) atoms. The number of carbonyl (C=O) groups is 1. The van der Waals surface area contributed by atoms with Gasteiger partial charge in [0.2, 0.25) is 0 Å². The molecular weight excluding hydrogens is 318 g/mol. The number of hydrogen-bond acceptors (Lipinski definition) is 4. The molecule has 5 heterocycles. The van der Waals surface area contributed by atoms with E-state index in [4.69, 9.17) is 0 Å². The normalized spacial score (nSPS) is 28.7. The zero-order chi connectivity index (χ0) is 16.5. The van der Waals surface area contributed by atoms with E-state index in [-0.39, 0.29) is 11.9 Å². The molecule has 0 radical (unpaired) electrons. The van der Waals surface area contributed by atoms with Gasteiger partial charge in [-0.3, -0.25) is 14.7 Å². The molecule has 2 aromatic rings. The van der Waals surface area contributed by atoms with Gasteiger partial charge in [-0.2, -0.15) is 0 Å². The highest BCUT2D eigenvalue weighted by molar-refractivity contribution is 7.13. The van der Waals surface area contributed by atoms with Crippen LogP contribution in [0.25, 0.3) is 0 Å². The van der Waals surface area contributed by atoms with Crippen molar-refractivity contribution in [1.82, 2.24) is 15.2 Å². The van der Waals surface area contributed by atoms with Crippen molar-refractivity contribution < 1.29 is 4.79 Å². The highest BCUT2D eigenvalue weighted by atomic mass is 32.1. The minimum Gasteiger partial charge on any atom is -0.347 e. The van der Waals surface area contributed by atoms with Crippen LogP contribution >= 0.6 is 11.3 Å². The molecule has 5 rings (SSSR count). The molecule has 4 nitrogen and oxygen atoms in total. The van der Waals surface area contributed by atoms with Gasteiger partial charge in [-0.1, -0.05) is 6.07 Å². The Morgan fingerprint density at radius 2 is 2.17 bits per heavy atom. The summed E-state index contributed by atoms with van der Waals surface area (Å²) in [5, 5.41) is 3.36. The Bertz CT molecular complexity index is 706. The zero-order valence-corrected chi connectivity index (χ0v) is 14.8. The molecule has 0 spiro atoms. The third-order valence-electron chi connectivity index (χ3n) is 5.40. The van der Waals surface area contributed by atoms with Crippen LogP contribution in [-0.2, 0) is 6.42 Å². The Hall–Kier alpha value is -1.72. The van der Waals surface area contributed by atoms with Crippen molar-refractivity contribution in [2.24, 2.45) is 5.92 Å². The fraction of sp³-hybridized carbons (Fsp3) is 0.474. The maximum absolute atomic E-state index is 12.7. The van der Waals surface area contributed by atoms with Gasteiger partial charge in [0.25, 0.3) is 5.91 Å². The molecule has 126 valence electrons. The van der Waals surface area contributed by atoms with Gasteiger partial charge < -0.3 is 5.32 Å². The van der Waals surface area contributed by atoms with Crippen LogP contribution in [0.4, 0.5) is 0 Å². The molecule has 3 fully saturated rings. The Labute approximate surface area is 146 Å². The fourth-order valence-corrected chi connectivity index (χ4v) is 4.93. The number of fused-ring (bicyclic) bond motifs is 3. The number of piperidine rings is 3.